The van der Waals surface area contributed by atoms with Gasteiger partial charge in [0.05, 0.1) is 13.0 Å². The van der Waals surface area contributed by atoms with E-state index in [4.69, 9.17) is 9.47 Å². The van der Waals surface area contributed by atoms with E-state index >= 15 is 0 Å². The van der Waals surface area contributed by atoms with Gasteiger partial charge in [-0.05, 0) is 48.2 Å². The van der Waals surface area contributed by atoms with Crippen LogP contribution in [0, 0.1) is 0 Å². The maximum atomic E-state index is 12.1. The fourth-order valence-electron chi connectivity index (χ4n) is 2.75. The molecular formula is C22H25BrO6. The average Bonchev–Trinajstić information content (AvgIpc) is 2.73. The van der Waals surface area contributed by atoms with Crippen molar-refractivity contribution in [3.05, 3.63) is 42.0 Å². The van der Waals surface area contributed by atoms with Crippen molar-refractivity contribution in [2.24, 2.45) is 0 Å². The van der Waals surface area contributed by atoms with Gasteiger partial charge in [0.1, 0.15) is 5.75 Å². The van der Waals surface area contributed by atoms with E-state index in [-0.39, 0.29) is 5.97 Å². The molecule has 2 aromatic carbocycles. The molecule has 0 aromatic heterocycles. The van der Waals surface area contributed by atoms with Crippen molar-refractivity contribution >= 4 is 44.6 Å². The Morgan fingerprint density at radius 1 is 0.966 bits per heavy atom. The van der Waals surface area contributed by atoms with Crippen LogP contribution in [0.15, 0.2) is 36.4 Å². The molecule has 0 spiro atoms. The number of rotatable bonds is 10. The predicted octanol–water partition coefficient (Wildman–Crippen LogP) is 4.52. The Bertz CT molecular complexity index is 864. The zero-order chi connectivity index (χ0) is 21.2. The zero-order valence-electron chi connectivity index (χ0n) is 16.6. The van der Waals surface area contributed by atoms with Crippen LogP contribution in [0.5, 0.6) is 5.75 Å². The summed E-state index contributed by atoms with van der Waals surface area (Å²) in [7, 11) is 1.24. The highest BCUT2D eigenvalue weighted by molar-refractivity contribution is 9.09. The molecule has 0 saturated heterocycles. The van der Waals surface area contributed by atoms with Crippen LogP contribution in [0.25, 0.3) is 10.8 Å². The summed E-state index contributed by atoms with van der Waals surface area (Å²) in [5.74, 6) is -1.37. The van der Waals surface area contributed by atoms with E-state index in [0.29, 0.717) is 12.2 Å². The summed E-state index contributed by atoms with van der Waals surface area (Å²) >= 11 is 3.37. The van der Waals surface area contributed by atoms with Crippen LogP contribution in [0.1, 0.15) is 44.1 Å². The molecule has 1 unspecified atom stereocenters. The maximum absolute atomic E-state index is 12.1. The molecule has 0 N–H and O–H groups in total. The number of esters is 3. The lowest BCUT2D eigenvalue weighted by Gasteiger charge is -2.12. The van der Waals surface area contributed by atoms with Crippen molar-refractivity contribution < 1.29 is 28.6 Å². The molecule has 7 heteroatoms. The van der Waals surface area contributed by atoms with Crippen molar-refractivity contribution in [3.63, 3.8) is 0 Å². The molecule has 29 heavy (non-hydrogen) atoms. The second kappa shape index (κ2) is 11.6. The molecule has 0 amide bonds. The molecule has 0 radical (unpaired) electrons. The zero-order valence-corrected chi connectivity index (χ0v) is 18.2. The van der Waals surface area contributed by atoms with Gasteiger partial charge >= 0.3 is 17.9 Å². The minimum Gasteiger partial charge on any atom is -0.466 e. The van der Waals surface area contributed by atoms with Gasteiger partial charge in [0.25, 0.3) is 0 Å². The topological polar surface area (TPSA) is 78.9 Å². The van der Waals surface area contributed by atoms with Crippen molar-refractivity contribution in [3.8, 4) is 5.75 Å². The standard InChI is InChI=1S/C22H25BrO6/c1-15(22(26)28-14-21(25)27-2)16-7-8-18-13-19(10-9-17(18)12-16)29-20(24)6-4-3-5-11-23/h7-10,12-13,15H,3-6,11,14H2,1-2H3. The third-order valence-corrected chi connectivity index (χ3v) is 5.06. The van der Waals surface area contributed by atoms with Crippen molar-refractivity contribution in [2.45, 2.75) is 38.5 Å². The Morgan fingerprint density at radius 3 is 2.41 bits per heavy atom. The number of hydrogen-bond donors (Lipinski definition) is 0. The number of fused-ring (bicyclic) bond motifs is 1. The molecule has 6 nitrogen and oxygen atoms in total. The summed E-state index contributed by atoms with van der Waals surface area (Å²) in [6.45, 7) is 1.31. The number of carbonyl (C=O) groups excluding carboxylic acids is 3. The highest BCUT2D eigenvalue weighted by atomic mass is 79.9. The van der Waals surface area contributed by atoms with Crippen LogP contribution in [0.4, 0.5) is 0 Å². The van der Waals surface area contributed by atoms with Crippen LogP contribution < -0.4 is 4.74 Å². The second-order valence-electron chi connectivity index (χ2n) is 6.65. The van der Waals surface area contributed by atoms with Crippen LogP contribution in [-0.4, -0.2) is 37.0 Å². The van der Waals surface area contributed by atoms with E-state index in [9.17, 15) is 14.4 Å². The van der Waals surface area contributed by atoms with Gasteiger partial charge in [-0.1, -0.05) is 46.6 Å². The summed E-state index contributed by atoms with van der Waals surface area (Å²) < 4.78 is 14.8. The summed E-state index contributed by atoms with van der Waals surface area (Å²) in [6.07, 6.45) is 3.24. The van der Waals surface area contributed by atoms with Gasteiger partial charge in [0.15, 0.2) is 6.61 Å². The molecule has 0 aliphatic rings. The smallest absolute Gasteiger partial charge is 0.344 e. The van der Waals surface area contributed by atoms with E-state index in [1.54, 1.807) is 19.1 Å². The average molecular weight is 465 g/mol. The minimum absolute atomic E-state index is 0.238. The van der Waals surface area contributed by atoms with Gasteiger partial charge in [-0.15, -0.1) is 0 Å². The van der Waals surface area contributed by atoms with Crippen LogP contribution in [-0.2, 0) is 23.9 Å². The van der Waals surface area contributed by atoms with Gasteiger partial charge in [-0.2, -0.15) is 0 Å². The molecule has 156 valence electrons. The number of carbonyl (C=O) groups is 3. The summed E-state index contributed by atoms with van der Waals surface area (Å²) in [5, 5.41) is 2.75. The number of methoxy groups -OCH3 is 1. The van der Waals surface area contributed by atoms with E-state index in [0.717, 1.165) is 40.9 Å². The van der Waals surface area contributed by atoms with E-state index in [2.05, 4.69) is 20.7 Å². The lowest BCUT2D eigenvalue weighted by atomic mass is 9.98. The number of hydrogen-bond acceptors (Lipinski definition) is 6. The maximum Gasteiger partial charge on any atom is 0.344 e. The summed E-state index contributed by atoms with van der Waals surface area (Å²) in [5.41, 5.74) is 0.768. The normalized spacial score (nSPS) is 11.7. The molecule has 0 fully saturated rings. The predicted molar refractivity (Wildman–Crippen MR) is 113 cm³/mol. The fraction of sp³-hybridized carbons (Fsp3) is 0.409. The molecule has 0 bridgehead atoms. The third-order valence-electron chi connectivity index (χ3n) is 4.50. The largest absolute Gasteiger partial charge is 0.466 e. The van der Waals surface area contributed by atoms with E-state index in [1.807, 2.05) is 24.3 Å². The van der Waals surface area contributed by atoms with Gasteiger partial charge < -0.3 is 14.2 Å². The van der Waals surface area contributed by atoms with Crippen LogP contribution >= 0.6 is 15.9 Å². The number of ether oxygens (including phenoxy) is 3. The Kier molecular flexibility index (Phi) is 9.12. The third kappa shape index (κ3) is 7.16. The van der Waals surface area contributed by atoms with Crippen LogP contribution in [0.3, 0.4) is 0 Å². The quantitative estimate of drug-likeness (QED) is 0.222. The number of unbranched alkanes of at least 4 members (excludes halogenated alkanes) is 2. The molecule has 0 aliphatic heterocycles. The van der Waals surface area contributed by atoms with Gasteiger partial charge in [-0.3, -0.25) is 9.59 Å². The fourth-order valence-corrected chi connectivity index (χ4v) is 3.14. The highest BCUT2D eigenvalue weighted by Gasteiger charge is 2.18. The van der Waals surface area contributed by atoms with Gasteiger partial charge in [-0.25, -0.2) is 4.79 Å². The van der Waals surface area contributed by atoms with E-state index in [1.165, 1.54) is 7.11 Å². The molecule has 0 heterocycles. The van der Waals surface area contributed by atoms with Gasteiger partial charge in [0.2, 0.25) is 0 Å². The van der Waals surface area contributed by atoms with E-state index < -0.39 is 24.5 Å². The highest BCUT2D eigenvalue weighted by Crippen LogP contribution is 2.26. The van der Waals surface area contributed by atoms with Crippen molar-refractivity contribution in [1.29, 1.82) is 0 Å². The first-order chi connectivity index (χ1) is 13.9. The lowest BCUT2D eigenvalue weighted by Crippen LogP contribution is -2.19. The molecule has 2 rings (SSSR count). The number of benzene rings is 2. The van der Waals surface area contributed by atoms with Crippen LogP contribution in [0.2, 0.25) is 0 Å². The Hall–Kier alpha value is -2.41. The van der Waals surface area contributed by atoms with Crippen molar-refractivity contribution in [1.82, 2.24) is 0 Å². The minimum atomic E-state index is -0.603. The summed E-state index contributed by atoms with van der Waals surface area (Å²) in [4.78, 5) is 35.2. The number of alkyl halides is 1. The first-order valence-corrected chi connectivity index (χ1v) is 10.6. The van der Waals surface area contributed by atoms with Gasteiger partial charge in [0, 0.05) is 11.8 Å². The Labute approximate surface area is 178 Å². The monoisotopic (exact) mass is 464 g/mol. The first kappa shape index (κ1) is 22.9. The molecule has 1 atom stereocenters. The van der Waals surface area contributed by atoms with Crippen molar-refractivity contribution in [2.75, 3.05) is 19.0 Å². The molecule has 2 aromatic rings. The SMILES string of the molecule is COC(=O)COC(=O)C(C)c1ccc2cc(OC(=O)CCCCCBr)ccc2c1. The lowest BCUT2D eigenvalue weighted by molar-refractivity contribution is -0.157. The molecule has 0 aliphatic carbocycles. The Morgan fingerprint density at radius 2 is 1.69 bits per heavy atom. The molecule has 0 saturated carbocycles. The second-order valence-corrected chi connectivity index (χ2v) is 7.44. The Balaban J connectivity index is 2.00. The molecular weight excluding hydrogens is 440 g/mol. The summed E-state index contributed by atoms with van der Waals surface area (Å²) in [6, 6.07) is 10.9. The number of halogens is 1. The first-order valence-electron chi connectivity index (χ1n) is 9.48.